The quantitative estimate of drug-likeness (QED) is 0.885. The fourth-order valence-corrected chi connectivity index (χ4v) is 1.21. The molecule has 1 rings (SSSR count). The maximum Gasteiger partial charge on any atom is 0.306 e. The molecule has 0 aliphatic rings. The summed E-state index contributed by atoms with van der Waals surface area (Å²) in [7, 11) is 0. The van der Waals surface area contributed by atoms with Gasteiger partial charge in [-0.25, -0.2) is 0 Å². The average molecular weight is 245 g/mol. The van der Waals surface area contributed by atoms with Crippen molar-refractivity contribution < 1.29 is 14.6 Å². The van der Waals surface area contributed by atoms with Crippen LogP contribution < -0.4 is 4.74 Å². The SMILES string of the molecule is O=C(O)CCOc1ccccc1Br. The van der Waals surface area contributed by atoms with E-state index in [1.165, 1.54) is 0 Å². The summed E-state index contributed by atoms with van der Waals surface area (Å²) in [5.41, 5.74) is 0. The molecule has 1 aromatic rings. The molecule has 0 radical (unpaired) electrons. The Morgan fingerprint density at radius 3 is 2.77 bits per heavy atom. The molecule has 4 heteroatoms. The lowest BCUT2D eigenvalue weighted by Gasteiger charge is -2.05. The highest BCUT2D eigenvalue weighted by molar-refractivity contribution is 9.10. The van der Waals surface area contributed by atoms with Crippen LogP contribution in [0.3, 0.4) is 0 Å². The molecule has 0 saturated carbocycles. The summed E-state index contributed by atoms with van der Waals surface area (Å²) in [4.78, 5) is 10.2. The van der Waals surface area contributed by atoms with E-state index in [0.717, 1.165) is 4.47 Å². The predicted octanol–water partition coefficient (Wildman–Crippen LogP) is 2.30. The number of aliphatic carboxylic acids is 1. The molecule has 0 bridgehead atoms. The molecule has 0 unspecified atom stereocenters. The summed E-state index contributed by atoms with van der Waals surface area (Å²) in [6.45, 7) is 0.192. The van der Waals surface area contributed by atoms with Gasteiger partial charge in [0.05, 0.1) is 17.5 Å². The van der Waals surface area contributed by atoms with E-state index in [4.69, 9.17) is 9.84 Å². The standard InChI is InChI=1S/C9H9BrO3/c10-7-3-1-2-4-8(7)13-6-5-9(11)12/h1-4H,5-6H2,(H,11,12). The third-order valence-electron chi connectivity index (χ3n) is 1.41. The van der Waals surface area contributed by atoms with Crippen LogP contribution in [0.25, 0.3) is 0 Å². The van der Waals surface area contributed by atoms with E-state index < -0.39 is 5.97 Å². The van der Waals surface area contributed by atoms with Crippen molar-refractivity contribution in [2.75, 3.05) is 6.61 Å². The summed E-state index contributed by atoms with van der Waals surface area (Å²) >= 11 is 3.29. The number of carboxylic acids is 1. The summed E-state index contributed by atoms with van der Waals surface area (Å²) < 4.78 is 6.05. The number of carbonyl (C=O) groups is 1. The first-order valence-electron chi connectivity index (χ1n) is 3.79. The van der Waals surface area contributed by atoms with Gasteiger partial charge in [-0.05, 0) is 28.1 Å². The van der Waals surface area contributed by atoms with Crippen molar-refractivity contribution in [2.45, 2.75) is 6.42 Å². The molecular formula is C9H9BrO3. The number of hydrogen-bond donors (Lipinski definition) is 1. The molecular weight excluding hydrogens is 236 g/mol. The second-order valence-electron chi connectivity index (χ2n) is 2.42. The van der Waals surface area contributed by atoms with Gasteiger partial charge in [0.2, 0.25) is 0 Å². The summed E-state index contributed by atoms with van der Waals surface area (Å²) in [5.74, 6) is -0.184. The first kappa shape index (κ1) is 10.1. The number of para-hydroxylation sites is 1. The molecule has 0 spiro atoms. The number of hydrogen-bond acceptors (Lipinski definition) is 2. The fraction of sp³-hybridized carbons (Fsp3) is 0.222. The van der Waals surface area contributed by atoms with E-state index in [-0.39, 0.29) is 13.0 Å². The van der Waals surface area contributed by atoms with Crippen molar-refractivity contribution in [3.8, 4) is 5.75 Å². The molecule has 1 aromatic carbocycles. The third kappa shape index (κ3) is 3.46. The summed E-state index contributed by atoms with van der Waals surface area (Å²) in [6.07, 6.45) is 0.0152. The molecule has 0 atom stereocenters. The van der Waals surface area contributed by atoms with Gasteiger partial charge in [-0.3, -0.25) is 4.79 Å². The Morgan fingerprint density at radius 2 is 2.15 bits per heavy atom. The van der Waals surface area contributed by atoms with E-state index in [2.05, 4.69) is 15.9 Å². The molecule has 3 nitrogen and oxygen atoms in total. The minimum absolute atomic E-state index is 0.0152. The molecule has 0 aromatic heterocycles. The Bertz CT molecular complexity index is 299. The predicted molar refractivity (Wildman–Crippen MR) is 51.9 cm³/mol. The zero-order valence-corrected chi connectivity index (χ0v) is 8.45. The van der Waals surface area contributed by atoms with E-state index >= 15 is 0 Å². The molecule has 0 heterocycles. The highest BCUT2D eigenvalue weighted by Crippen LogP contribution is 2.23. The number of carboxylic acid groups (broad SMARTS) is 1. The molecule has 13 heavy (non-hydrogen) atoms. The van der Waals surface area contributed by atoms with Crippen molar-refractivity contribution in [3.05, 3.63) is 28.7 Å². The average Bonchev–Trinajstić information content (AvgIpc) is 2.08. The van der Waals surface area contributed by atoms with Crippen molar-refractivity contribution >= 4 is 21.9 Å². The van der Waals surface area contributed by atoms with Crippen LogP contribution in [0.2, 0.25) is 0 Å². The van der Waals surface area contributed by atoms with Crippen LogP contribution in [0.1, 0.15) is 6.42 Å². The van der Waals surface area contributed by atoms with Gasteiger partial charge in [0.25, 0.3) is 0 Å². The van der Waals surface area contributed by atoms with Gasteiger partial charge < -0.3 is 9.84 Å². The molecule has 0 fully saturated rings. The molecule has 0 aliphatic heterocycles. The Morgan fingerprint density at radius 1 is 1.46 bits per heavy atom. The number of benzene rings is 1. The smallest absolute Gasteiger partial charge is 0.306 e. The van der Waals surface area contributed by atoms with Crippen LogP contribution in [0, 0.1) is 0 Å². The minimum atomic E-state index is -0.855. The first-order chi connectivity index (χ1) is 6.20. The van der Waals surface area contributed by atoms with Crippen LogP contribution in [0.4, 0.5) is 0 Å². The number of halogens is 1. The van der Waals surface area contributed by atoms with Gasteiger partial charge >= 0.3 is 5.97 Å². The maximum absolute atomic E-state index is 10.2. The normalized spacial score (nSPS) is 9.62. The highest BCUT2D eigenvalue weighted by Gasteiger charge is 2.00. The van der Waals surface area contributed by atoms with Crippen LogP contribution in [0.5, 0.6) is 5.75 Å². The Balaban J connectivity index is 2.45. The highest BCUT2D eigenvalue weighted by atomic mass is 79.9. The van der Waals surface area contributed by atoms with Gasteiger partial charge in [-0.15, -0.1) is 0 Å². The van der Waals surface area contributed by atoms with Gasteiger partial charge in [0, 0.05) is 0 Å². The third-order valence-corrected chi connectivity index (χ3v) is 2.07. The maximum atomic E-state index is 10.2. The number of ether oxygens (including phenoxy) is 1. The van der Waals surface area contributed by atoms with E-state index in [9.17, 15) is 4.79 Å². The Kier molecular flexibility index (Phi) is 3.76. The molecule has 0 saturated heterocycles. The fourth-order valence-electron chi connectivity index (χ4n) is 0.810. The lowest BCUT2D eigenvalue weighted by molar-refractivity contribution is -0.137. The second kappa shape index (κ2) is 4.87. The van der Waals surface area contributed by atoms with Crippen LogP contribution >= 0.6 is 15.9 Å². The molecule has 70 valence electrons. The zero-order chi connectivity index (χ0) is 9.68. The summed E-state index contributed by atoms with van der Waals surface area (Å²) in [6, 6.07) is 7.33. The molecule has 0 amide bonds. The van der Waals surface area contributed by atoms with Crippen LogP contribution in [0.15, 0.2) is 28.7 Å². The summed E-state index contributed by atoms with van der Waals surface area (Å²) in [5, 5.41) is 8.37. The van der Waals surface area contributed by atoms with E-state index in [1.807, 2.05) is 18.2 Å². The van der Waals surface area contributed by atoms with E-state index in [1.54, 1.807) is 6.07 Å². The zero-order valence-electron chi connectivity index (χ0n) is 6.87. The Hall–Kier alpha value is -1.03. The van der Waals surface area contributed by atoms with Gasteiger partial charge in [0.1, 0.15) is 5.75 Å². The minimum Gasteiger partial charge on any atom is -0.492 e. The Labute approximate surface area is 84.5 Å². The van der Waals surface area contributed by atoms with Crippen molar-refractivity contribution in [2.24, 2.45) is 0 Å². The lowest BCUT2D eigenvalue weighted by Crippen LogP contribution is -2.04. The van der Waals surface area contributed by atoms with Crippen molar-refractivity contribution in [1.82, 2.24) is 0 Å². The topological polar surface area (TPSA) is 46.5 Å². The van der Waals surface area contributed by atoms with Crippen LogP contribution in [-0.4, -0.2) is 17.7 Å². The largest absolute Gasteiger partial charge is 0.492 e. The second-order valence-corrected chi connectivity index (χ2v) is 3.28. The van der Waals surface area contributed by atoms with Crippen LogP contribution in [-0.2, 0) is 4.79 Å². The van der Waals surface area contributed by atoms with Gasteiger partial charge in [-0.2, -0.15) is 0 Å². The molecule has 0 aliphatic carbocycles. The van der Waals surface area contributed by atoms with E-state index in [0.29, 0.717) is 5.75 Å². The van der Waals surface area contributed by atoms with Gasteiger partial charge in [0.15, 0.2) is 0 Å². The van der Waals surface area contributed by atoms with Crippen molar-refractivity contribution in [3.63, 3.8) is 0 Å². The first-order valence-corrected chi connectivity index (χ1v) is 4.58. The van der Waals surface area contributed by atoms with Gasteiger partial charge in [-0.1, -0.05) is 12.1 Å². The molecule has 1 N–H and O–H groups in total. The lowest BCUT2D eigenvalue weighted by atomic mass is 10.3. The number of rotatable bonds is 4. The monoisotopic (exact) mass is 244 g/mol. The van der Waals surface area contributed by atoms with Crippen molar-refractivity contribution in [1.29, 1.82) is 0 Å².